The van der Waals surface area contributed by atoms with Crippen LogP contribution in [0.4, 0.5) is 0 Å². The zero-order chi connectivity index (χ0) is 24.2. The lowest BCUT2D eigenvalue weighted by atomic mass is 9.73. The van der Waals surface area contributed by atoms with E-state index in [2.05, 4.69) is 58.7 Å². The van der Waals surface area contributed by atoms with Crippen molar-refractivity contribution in [3.63, 3.8) is 0 Å². The molecule has 1 aromatic rings. The third-order valence-corrected chi connectivity index (χ3v) is 7.29. The zero-order valence-corrected chi connectivity index (χ0v) is 21.8. The van der Waals surface area contributed by atoms with Crippen LogP contribution in [0.1, 0.15) is 83.8 Å². The molecule has 1 heterocycles. The van der Waals surface area contributed by atoms with E-state index in [9.17, 15) is 5.11 Å². The lowest BCUT2D eigenvalue weighted by molar-refractivity contribution is 0.241. The molecule has 2 unspecified atom stereocenters. The third kappa shape index (κ3) is 6.83. The van der Waals surface area contributed by atoms with Gasteiger partial charge in [-0.3, -0.25) is 0 Å². The third-order valence-electron chi connectivity index (χ3n) is 7.06. The molecule has 1 fully saturated rings. The van der Waals surface area contributed by atoms with Crippen LogP contribution >= 0.6 is 12.2 Å². The molecule has 2 N–H and O–H groups in total. The van der Waals surface area contributed by atoms with Gasteiger partial charge in [-0.05, 0) is 75.4 Å². The van der Waals surface area contributed by atoms with Gasteiger partial charge in [0.25, 0.3) is 5.17 Å². The number of phenols is 1. The summed E-state index contributed by atoms with van der Waals surface area (Å²) in [5.41, 5.74) is 4.34. The maximum atomic E-state index is 11.2. The SMILES string of the molecule is C=C(C)[C@@H]1CCC(C)=CC1c1c(O)cc(CCCCC)cc1OC(=S)NCC(C)(C)C1CO1. The minimum atomic E-state index is -0.0192. The van der Waals surface area contributed by atoms with Gasteiger partial charge in [-0.2, -0.15) is 0 Å². The largest absolute Gasteiger partial charge is 0.507 e. The fraction of sp³-hybridized carbons (Fsp3) is 0.607. The highest BCUT2D eigenvalue weighted by atomic mass is 32.1. The molecule has 0 bridgehead atoms. The first kappa shape index (κ1) is 25.8. The molecule has 5 heteroatoms. The molecule has 2 aliphatic rings. The van der Waals surface area contributed by atoms with Crippen molar-refractivity contribution in [3.05, 3.63) is 47.1 Å². The van der Waals surface area contributed by atoms with Gasteiger partial charge in [0.2, 0.25) is 0 Å². The van der Waals surface area contributed by atoms with Crippen LogP contribution < -0.4 is 10.1 Å². The van der Waals surface area contributed by atoms with Gasteiger partial charge in [-0.25, -0.2) is 0 Å². The molecule has 0 saturated carbocycles. The van der Waals surface area contributed by atoms with E-state index in [1.165, 1.54) is 12.0 Å². The van der Waals surface area contributed by atoms with Crippen LogP contribution in [0.2, 0.25) is 0 Å². The lowest BCUT2D eigenvalue weighted by Gasteiger charge is -2.32. The minimum absolute atomic E-state index is 0.0192. The molecule has 0 spiro atoms. The predicted molar refractivity (Wildman–Crippen MR) is 140 cm³/mol. The second kappa shape index (κ2) is 11.1. The van der Waals surface area contributed by atoms with Crippen LogP contribution in [0.5, 0.6) is 11.5 Å². The van der Waals surface area contributed by atoms with Crippen LogP contribution in [0.3, 0.4) is 0 Å². The van der Waals surface area contributed by atoms with Crippen molar-refractivity contribution >= 4 is 17.4 Å². The standard InChI is InChI=1S/C28H41NO3S/c1-7-8-9-10-20-14-23(30)26(22-13-19(4)11-12-21(22)18(2)3)24(15-20)32-27(33)29-17-28(5,6)25-16-31-25/h13-15,21-22,25,30H,2,7-12,16-17H2,1,3-6H3,(H,29,33)/t21-,22?,25?/m0/s1. The fourth-order valence-electron chi connectivity index (χ4n) is 4.77. The summed E-state index contributed by atoms with van der Waals surface area (Å²) in [7, 11) is 0. The van der Waals surface area contributed by atoms with Crippen LogP contribution in [0.25, 0.3) is 0 Å². The van der Waals surface area contributed by atoms with Crippen molar-refractivity contribution in [1.82, 2.24) is 5.32 Å². The first-order chi connectivity index (χ1) is 15.6. The Morgan fingerprint density at radius 3 is 2.70 bits per heavy atom. The first-order valence-corrected chi connectivity index (χ1v) is 12.8. The summed E-state index contributed by atoms with van der Waals surface area (Å²) in [5.74, 6) is 1.23. The van der Waals surface area contributed by atoms with Crippen LogP contribution in [-0.4, -0.2) is 29.5 Å². The highest BCUT2D eigenvalue weighted by Gasteiger charge is 2.39. The number of unbranched alkanes of at least 4 members (excludes halogenated alkanes) is 2. The van der Waals surface area contributed by atoms with Gasteiger partial charge in [0.15, 0.2) is 0 Å². The Labute approximate surface area is 205 Å². The number of allylic oxidation sites excluding steroid dienone is 3. The monoisotopic (exact) mass is 471 g/mol. The lowest BCUT2D eigenvalue weighted by Crippen LogP contribution is -2.38. The molecule has 33 heavy (non-hydrogen) atoms. The Bertz CT molecular complexity index is 901. The molecule has 182 valence electrons. The van der Waals surface area contributed by atoms with E-state index < -0.39 is 0 Å². The number of epoxide rings is 1. The number of hydrogen-bond donors (Lipinski definition) is 2. The Morgan fingerprint density at radius 1 is 1.33 bits per heavy atom. The van der Waals surface area contributed by atoms with Crippen LogP contribution in [0, 0.1) is 11.3 Å². The molecule has 3 atom stereocenters. The quantitative estimate of drug-likeness (QED) is 0.170. The maximum absolute atomic E-state index is 11.2. The van der Waals surface area contributed by atoms with Crippen LogP contribution in [-0.2, 0) is 11.2 Å². The van der Waals surface area contributed by atoms with E-state index in [-0.39, 0.29) is 29.1 Å². The van der Waals surface area contributed by atoms with Crippen molar-refractivity contribution in [2.75, 3.05) is 13.2 Å². The number of aromatic hydroxyl groups is 1. The number of rotatable bonds is 10. The molecule has 1 aromatic carbocycles. The summed E-state index contributed by atoms with van der Waals surface area (Å²) in [6.07, 6.45) is 8.94. The number of nitrogens with one attached hydrogen (secondary N) is 1. The second-order valence-electron chi connectivity index (χ2n) is 10.6. The number of benzene rings is 1. The van der Waals surface area contributed by atoms with E-state index in [4.69, 9.17) is 21.7 Å². The number of phenolic OH excluding ortho intramolecular Hbond substituents is 1. The molecular weight excluding hydrogens is 430 g/mol. The molecule has 0 amide bonds. The topological polar surface area (TPSA) is 54.0 Å². The summed E-state index contributed by atoms with van der Waals surface area (Å²) in [6.45, 7) is 16.5. The Balaban J connectivity index is 1.89. The maximum Gasteiger partial charge on any atom is 0.262 e. The Kier molecular flexibility index (Phi) is 8.63. The zero-order valence-electron chi connectivity index (χ0n) is 21.0. The van der Waals surface area contributed by atoms with Crippen molar-refractivity contribution < 1.29 is 14.6 Å². The fourth-order valence-corrected chi connectivity index (χ4v) is 4.93. The van der Waals surface area contributed by atoms with Gasteiger partial charge in [-0.15, -0.1) is 0 Å². The smallest absolute Gasteiger partial charge is 0.262 e. The number of aryl methyl sites for hydroxylation is 1. The summed E-state index contributed by atoms with van der Waals surface area (Å²) < 4.78 is 11.7. The molecule has 3 rings (SSSR count). The predicted octanol–water partition coefficient (Wildman–Crippen LogP) is 6.82. The summed E-state index contributed by atoms with van der Waals surface area (Å²) in [5, 5.41) is 14.8. The molecule has 1 aliphatic heterocycles. The number of hydrogen-bond acceptors (Lipinski definition) is 4. The Morgan fingerprint density at radius 2 is 2.06 bits per heavy atom. The van der Waals surface area contributed by atoms with Gasteiger partial charge < -0.3 is 19.9 Å². The van der Waals surface area contributed by atoms with Crippen LogP contribution in [0.15, 0.2) is 35.9 Å². The van der Waals surface area contributed by atoms with Crippen molar-refractivity contribution in [1.29, 1.82) is 0 Å². The van der Waals surface area contributed by atoms with Gasteiger partial charge in [0.05, 0.1) is 12.7 Å². The first-order valence-electron chi connectivity index (χ1n) is 12.4. The summed E-state index contributed by atoms with van der Waals surface area (Å²) in [4.78, 5) is 0. The van der Waals surface area contributed by atoms with Crippen molar-refractivity contribution in [2.45, 2.75) is 85.2 Å². The van der Waals surface area contributed by atoms with E-state index in [0.29, 0.717) is 17.5 Å². The van der Waals surface area contributed by atoms with E-state index in [1.807, 2.05) is 6.07 Å². The highest BCUT2D eigenvalue weighted by molar-refractivity contribution is 7.80. The van der Waals surface area contributed by atoms with Crippen molar-refractivity contribution in [3.8, 4) is 11.5 Å². The molecular formula is C28H41NO3S. The van der Waals surface area contributed by atoms with E-state index >= 15 is 0 Å². The highest BCUT2D eigenvalue weighted by Crippen LogP contribution is 2.47. The van der Waals surface area contributed by atoms with Gasteiger partial charge in [0, 0.05) is 23.4 Å². The molecule has 4 nitrogen and oxygen atoms in total. The van der Waals surface area contributed by atoms with Gasteiger partial charge in [-0.1, -0.05) is 57.4 Å². The van der Waals surface area contributed by atoms with E-state index in [1.54, 1.807) is 0 Å². The average Bonchev–Trinajstić information content (AvgIpc) is 3.58. The molecule has 1 saturated heterocycles. The number of ether oxygens (including phenoxy) is 2. The average molecular weight is 472 g/mol. The normalized spacial score (nSPS) is 22.5. The Hall–Kier alpha value is -1.85. The van der Waals surface area contributed by atoms with E-state index in [0.717, 1.165) is 55.4 Å². The molecule has 1 aliphatic carbocycles. The van der Waals surface area contributed by atoms with Crippen molar-refractivity contribution in [2.24, 2.45) is 11.3 Å². The van der Waals surface area contributed by atoms with Gasteiger partial charge in [0.1, 0.15) is 11.5 Å². The molecule has 0 radical (unpaired) electrons. The van der Waals surface area contributed by atoms with Gasteiger partial charge >= 0.3 is 0 Å². The second-order valence-corrected chi connectivity index (χ2v) is 10.9. The summed E-state index contributed by atoms with van der Waals surface area (Å²) >= 11 is 5.58. The number of thiocarbonyl (C=S) groups is 1. The summed E-state index contributed by atoms with van der Waals surface area (Å²) in [6, 6.07) is 3.98. The minimum Gasteiger partial charge on any atom is -0.507 e. The molecule has 0 aromatic heterocycles.